The molecule has 0 spiro atoms. The van der Waals surface area contributed by atoms with Crippen LogP contribution in [0.1, 0.15) is 6.42 Å². The molecule has 1 N–H and O–H groups in total. The Morgan fingerprint density at radius 3 is 2.57 bits per heavy atom. The van der Waals surface area contributed by atoms with Crippen molar-refractivity contribution in [3.05, 3.63) is 57.0 Å². The first-order chi connectivity index (χ1) is 13.3. The van der Waals surface area contributed by atoms with Gasteiger partial charge in [-0.1, -0.05) is 39.1 Å². The maximum absolute atomic E-state index is 12.3. The molecule has 6 nitrogen and oxygen atoms in total. The molecule has 1 heterocycles. The Morgan fingerprint density at radius 2 is 1.89 bits per heavy atom. The van der Waals surface area contributed by atoms with Gasteiger partial charge in [-0.25, -0.2) is 0 Å². The van der Waals surface area contributed by atoms with Gasteiger partial charge in [0.05, 0.1) is 16.6 Å². The molecule has 0 aliphatic carbocycles. The number of nitrogens with one attached hydrogen (secondary N) is 1. The van der Waals surface area contributed by atoms with Gasteiger partial charge in [-0.05, 0) is 42.5 Å². The van der Waals surface area contributed by atoms with Crippen molar-refractivity contribution in [1.29, 1.82) is 0 Å². The van der Waals surface area contributed by atoms with Crippen molar-refractivity contribution in [1.82, 2.24) is 0 Å². The summed E-state index contributed by atoms with van der Waals surface area (Å²) in [5.41, 5.74) is 1.07. The summed E-state index contributed by atoms with van der Waals surface area (Å²) in [4.78, 5) is 38.0. The molecule has 0 saturated carbocycles. The molecule has 3 rings (SSSR count). The summed E-state index contributed by atoms with van der Waals surface area (Å²) in [7, 11) is 0. The second-order valence-electron chi connectivity index (χ2n) is 6.16. The first kappa shape index (κ1) is 20.6. The average Bonchev–Trinajstić information content (AvgIpc) is 3.04. The van der Waals surface area contributed by atoms with Crippen molar-refractivity contribution in [2.45, 2.75) is 6.42 Å². The van der Waals surface area contributed by atoms with E-state index in [9.17, 15) is 14.4 Å². The zero-order valence-electron chi connectivity index (χ0n) is 14.5. The zero-order chi connectivity index (χ0) is 20.3. The molecule has 2 amide bonds. The van der Waals surface area contributed by atoms with Crippen LogP contribution in [0.25, 0.3) is 0 Å². The van der Waals surface area contributed by atoms with E-state index in [4.69, 9.17) is 27.9 Å². The molecule has 1 aliphatic heterocycles. The normalized spacial score (nSPS) is 16.2. The predicted molar refractivity (Wildman–Crippen MR) is 111 cm³/mol. The Bertz CT molecular complexity index is 921. The highest BCUT2D eigenvalue weighted by atomic mass is 79.9. The molecular formula is C19H15BrCl2N2O4. The number of ether oxygens (including phenoxy) is 1. The minimum Gasteiger partial charge on any atom is -0.455 e. The number of hydrogen-bond acceptors (Lipinski definition) is 4. The van der Waals surface area contributed by atoms with Gasteiger partial charge >= 0.3 is 5.97 Å². The summed E-state index contributed by atoms with van der Waals surface area (Å²) in [5.74, 6) is -1.93. The molecule has 0 aromatic heterocycles. The fourth-order valence-electron chi connectivity index (χ4n) is 2.77. The minimum absolute atomic E-state index is 0.0294. The smallest absolute Gasteiger partial charge is 0.311 e. The largest absolute Gasteiger partial charge is 0.455 e. The number of rotatable bonds is 5. The van der Waals surface area contributed by atoms with E-state index >= 15 is 0 Å². The van der Waals surface area contributed by atoms with Crippen molar-refractivity contribution in [3.63, 3.8) is 0 Å². The molecule has 1 aliphatic rings. The molecule has 2 aromatic carbocycles. The SMILES string of the molecule is O=C(COC(=O)[C@H]1CC(=O)N(c2ccc(Cl)cc2)C1)Nc1ccc(Br)cc1Cl. The quantitative estimate of drug-likeness (QED) is 0.641. The monoisotopic (exact) mass is 484 g/mol. The number of carbonyl (C=O) groups excluding carboxylic acids is 3. The van der Waals surface area contributed by atoms with E-state index in [2.05, 4.69) is 21.2 Å². The van der Waals surface area contributed by atoms with Gasteiger partial charge in [0.15, 0.2) is 6.61 Å². The third kappa shape index (κ3) is 5.04. The molecule has 9 heteroatoms. The van der Waals surface area contributed by atoms with Crippen LogP contribution in [-0.4, -0.2) is 30.9 Å². The van der Waals surface area contributed by atoms with Crippen LogP contribution in [0.5, 0.6) is 0 Å². The lowest BCUT2D eigenvalue weighted by Crippen LogP contribution is -2.28. The molecule has 28 heavy (non-hydrogen) atoms. The molecule has 0 bridgehead atoms. The van der Waals surface area contributed by atoms with Crippen LogP contribution in [0.15, 0.2) is 46.9 Å². The second kappa shape index (κ2) is 8.94. The highest BCUT2D eigenvalue weighted by molar-refractivity contribution is 9.10. The Balaban J connectivity index is 1.53. The highest BCUT2D eigenvalue weighted by Gasteiger charge is 2.36. The lowest BCUT2D eigenvalue weighted by Gasteiger charge is -2.16. The second-order valence-corrected chi connectivity index (χ2v) is 7.92. The molecule has 1 saturated heterocycles. The predicted octanol–water partition coefficient (Wildman–Crippen LogP) is 4.29. The Kier molecular flexibility index (Phi) is 6.59. The molecule has 1 fully saturated rings. The van der Waals surface area contributed by atoms with Gasteiger partial charge in [-0.3, -0.25) is 14.4 Å². The molecule has 1 atom stereocenters. The van der Waals surface area contributed by atoms with Crippen molar-refractivity contribution in [2.24, 2.45) is 5.92 Å². The Morgan fingerprint density at radius 1 is 1.18 bits per heavy atom. The standard InChI is InChI=1S/C19H15BrCl2N2O4/c20-12-1-6-16(15(22)8-12)23-17(25)10-28-19(27)11-7-18(26)24(9-11)14-4-2-13(21)3-5-14/h1-6,8,11H,7,9-10H2,(H,23,25)/t11-/m0/s1. The molecular weight excluding hydrogens is 471 g/mol. The van der Waals surface area contributed by atoms with E-state index in [0.29, 0.717) is 21.4 Å². The Labute approximate surface area is 179 Å². The van der Waals surface area contributed by atoms with E-state index in [1.54, 1.807) is 42.5 Å². The molecule has 0 unspecified atom stereocenters. The van der Waals surface area contributed by atoms with Gasteiger partial charge < -0.3 is 15.0 Å². The number of benzene rings is 2. The van der Waals surface area contributed by atoms with Gasteiger partial charge in [0, 0.05) is 28.1 Å². The van der Waals surface area contributed by atoms with Crippen molar-refractivity contribution in [3.8, 4) is 0 Å². The van der Waals surface area contributed by atoms with Crippen LogP contribution in [-0.2, 0) is 19.1 Å². The maximum atomic E-state index is 12.3. The molecule has 0 radical (unpaired) electrons. The van der Waals surface area contributed by atoms with Crippen LogP contribution < -0.4 is 10.2 Å². The van der Waals surface area contributed by atoms with E-state index < -0.39 is 24.4 Å². The maximum Gasteiger partial charge on any atom is 0.311 e. The van der Waals surface area contributed by atoms with Gasteiger partial charge in [-0.15, -0.1) is 0 Å². The lowest BCUT2D eigenvalue weighted by atomic mass is 10.1. The van der Waals surface area contributed by atoms with Crippen molar-refractivity contribution in [2.75, 3.05) is 23.4 Å². The van der Waals surface area contributed by atoms with Crippen LogP contribution in [0.2, 0.25) is 10.0 Å². The molecule has 146 valence electrons. The summed E-state index contributed by atoms with van der Waals surface area (Å²) in [6.07, 6.45) is 0.0294. The van der Waals surface area contributed by atoms with Gasteiger partial charge in [-0.2, -0.15) is 0 Å². The van der Waals surface area contributed by atoms with Crippen LogP contribution >= 0.6 is 39.1 Å². The van der Waals surface area contributed by atoms with E-state index in [1.807, 2.05) is 0 Å². The fraction of sp³-hybridized carbons (Fsp3) is 0.211. The van der Waals surface area contributed by atoms with Crippen LogP contribution in [0.3, 0.4) is 0 Å². The van der Waals surface area contributed by atoms with Crippen LogP contribution in [0.4, 0.5) is 11.4 Å². The van der Waals surface area contributed by atoms with Gasteiger partial charge in [0.25, 0.3) is 5.91 Å². The highest BCUT2D eigenvalue weighted by Crippen LogP contribution is 2.27. The van der Waals surface area contributed by atoms with Crippen molar-refractivity contribution >= 4 is 68.3 Å². The number of nitrogens with zero attached hydrogens (tertiary/aromatic N) is 1. The summed E-state index contributed by atoms with van der Waals surface area (Å²) < 4.78 is 5.85. The number of anilines is 2. The lowest BCUT2D eigenvalue weighted by molar-refractivity contribution is -0.151. The Hall–Kier alpha value is -2.09. The number of hydrogen-bond donors (Lipinski definition) is 1. The molecule has 2 aromatic rings. The first-order valence-electron chi connectivity index (χ1n) is 8.31. The summed E-state index contributed by atoms with van der Waals surface area (Å²) in [6, 6.07) is 11.8. The van der Waals surface area contributed by atoms with E-state index in [0.717, 1.165) is 4.47 Å². The van der Waals surface area contributed by atoms with Crippen LogP contribution in [0, 0.1) is 5.92 Å². The van der Waals surface area contributed by atoms with Gasteiger partial charge in [0.2, 0.25) is 5.91 Å². The van der Waals surface area contributed by atoms with E-state index in [1.165, 1.54) is 4.90 Å². The van der Waals surface area contributed by atoms with Crippen molar-refractivity contribution < 1.29 is 19.1 Å². The van der Waals surface area contributed by atoms with E-state index in [-0.39, 0.29) is 18.9 Å². The summed E-state index contributed by atoms with van der Waals surface area (Å²) >= 11 is 15.2. The minimum atomic E-state index is -0.632. The zero-order valence-corrected chi connectivity index (χ0v) is 17.6. The summed E-state index contributed by atoms with van der Waals surface area (Å²) in [5, 5.41) is 3.49. The number of carbonyl (C=O) groups is 3. The first-order valence-corrected chi connectivity index (χ1v) is 9.86. The number of esters is 1. The topological polar surface area (TPSA) is 75.7 Å². The average molecular weight is 486 g/mol. The van der Waals surface area contributed by atoms with Gasteiger partial charge in [0.1, 0.15) is 0 Å². The third-order valence-electron chi connectivity index (χ3n) is 4.15. The third-order valence-corrected chi connectivity index (χ3v) is 5.21. The number of amides is 2. The summed E-state index contributed by atoms with van der Waals surface area (Å²) in [6.45, 7) is -0.268. The number of halogens is 3. The fourth-order valence-corrected chi connectivity index (χ4v) is 3.61.